The lowest BCUT2D eigenvalue weighted by Crippen LogP contribution is -2.20. The van der Waals surface area contributed by atoms with Gasteiger partial charge >= 0.3 is 0 Å². The smallest absolute Gasteiger partial charge is 0.201 e. The van der Waals surface area contributed by atoms with Crippen LogP contribution in [0.4, 0.5) is 8.78 Å². The summed E-state index contributed by atoms with van der Waals surface area (Å²) < 4.78 is 33.7. The molecule has 1 saturated heterocycles. The first-order chi connectivity index (χ1) is 13.6. The number of unbranched alkanes of at least 4 members (excludes halogenated alkanes) is 2. The number of halogens is 2. The largest absolute Gasteiger partial charge is 0.491 e. The maximum Gasteiger partial charge on any atom is 0.201 e. The van der Waals surface area contributed by atoms with Gasteiger partial charge in [0.05, 0.1) is 6.61 Å². The van der Waals surface area contributed by atoms with Gasteiger partial charge in [0, 0.05) is 14.4 Å². The van der Waals surface area contributed by atoms with Crippen LogP contribution in [-0.2, 0) is 0 Å². The van der Waals surface area contributed by atoms with Crippen LogP contribution in [0.2, 0.25) is 18.1 Å². The van der Waals surface area contributed by atoms with Crippen molar-refractivity contribution >= 4 is 8.80 Å². The van der Waals surface area contributed by atoms with Crippen molar-refractivity contribution in [3.05, 3.63) is 53.6 Å². The van der Waals surface area contributed by atoms with Crippen molar-refractivity contribution in [3.8, 4) is 16.9 Å². The summed E-state index contributed by atoms with van der Waals surface area (Å²) in [6.07, 6.45) is 6.66. The van der Waals surface area contributed by atoms with Crippen LogP contribution in [0.1, 0.15) is 57.4 Å². The summed E-state index contributed by atoms with van der Waals surface area (Å²) in [6.45, 7) is 4.34. The monoisotopic (exact) mass is 401 g/mol. The highest BCUT2D eigenvalue weighted by Gasteiger charge is 2.23. The molecule has 0 N–H and O–H groups in total. The van der Waals surface area contributed by atoms with Crippen molar-refractivity contribution in [2.45, 2.75) is 70.0 Å². The zero-order valence-electron chi connectivity index (χ0n) is 17.1. The Labute approximate surface area is 169 Å². The van der Waals surface area contributed by atoms with E-state index in [-0.39, 0.29) is 20.1 Å². The molecule has 4 heteroatoms. The van der Waals surface area contributed by atoms with E-state index in [9.17, 15) is 8.78 Å². The van der Waals surface area contributed by atoms with E-state index in [0.29, 0.717) is 18.1 Å². The topological polar surface area (TPSA) is 9.23 Å². The third-order valence-electron chi connectivity index (χ3n) is 5.87. The van der Waals surface area contributed by atoms with Crippen LogP contribution < -0.4 is 4.74 Å². The van der Waals surface area contributed by atoms with Gasteiger partial charge in [0.2, 0.25) is 5.82 Å². The first-order valence-corrected chi connectivity index (χ1v) is 12.8. The molecule has 0 spiro atoms. The second-order valence-corrected chi connectivity index (χ2v) is 10.8. The Bertz CT molecular complexity index is 752. The van der Waals surface area contributed by atoms with Crippen LogP contribution in [-0.4, -0.2) is 15.4 Å². The minimum Gasteiger partial charge on any atom is -0.491 e. The predicted molar refractivity (Wildman–Crippen MR) is 115 cm³/mol. The molecule has 1 fully saturated rings. The fourth-order valence-electron chi connectivity index (χ4n) is 4.19. The molecule has 0 unspecified atom stereocenters. The average molecular weight is 402 g/mol. The maximum atomic E-state index is 14.4. The van der Waals surface area contributed by atoms with Gasteiger partial charge in [-0.1, -0.05) is 68.6 Å². The van der Waals surface area contributed by atoms with Gasteiger partial charge in [-0.2, -0.15) is 4.39 Å². The van der Waals surface area contributed by atoms with Gasteiger partial charge in [-0.3, -0.25) is 0 Å². The molecule has 3 rings (SSSR count). The van der Waals surface area contributed by atoms with Gasteiger partial charge in [0.25, 0.3) is 0 Å². The van der Waals surface area contributed by atoms with E-state index in [2.05, 4.69) is 19.1 Å². The molecule has 1 aliphatic rings. The molecular formula is C24H31F2OSi. The normalized spacial score (nSPS) is 15.7. The third kappa shape index (κ3) is 5.02. The van der Waals surface area contributed by atoms with Gasteiger partial charge in [-0.05, 0) is 48.9 Å². The highest BCUT2D eigenvalue weighted by atomic mass is 28.3. The Balaban J connectivity index is 1.64. The van der Waals surface area contributed by atoms with Crippen molar-refractivity contribution in [1.29, 1.82) is 0 Å². The van der Waals surface area contributed by atoms with E-state index in [1.54, 1.807) is 13.0 Å². The lowest BCUT2D eigenvalue weighted by Gasteiger charge is -2.28. The molecule has 0 atom stereocenters. The van der Waals surface area contributed by atoms with Crippen molar-refractivity contribution in [2.75, 3.05) is 6.61 Å². The van der Waals surface area contributed by atoms with Crippen LogP contribution in [0.15, 0.2) is 36.4 Å². The number of hydrogen-bond donors (Lipinski definition) is 0. The number of hydrogen-bond acceptors (Lipinski definition) is 1. The fraction of sp³-hybridized carbons (Fsp3) is 0.500. The van der Waals surface area contributed by atoms with Crippen LogP contribution in [0.3, 0.4) is 0 Å². The molecule has 1 radical (unpaired) electrons. The van der Waals surface area contributed by atoms with Crippen molar-refractivity contribution < 1.29 is 13.5 Å². The van der Waals surface area contributed by atoms with Gasteiger partial charge < -0.3 is 4.74 Å². The minimum absolute atomic E-state index is 0.0286. The van der Waals surface area contributed by atoms with Crippen LogP contribution in [0.5, 0.6) is 5.75 Å². The average Bonchev–Trinajstić information content (AvgIpc) is 2.73. The Morgan fingerprint density at radius 2 is 1.64 bits per heavy atom. The second-order valence-electron chi connectivity index (χ2n) is 7.78. The van der Waals surface area contributed by atoms with Gasteiger partial charge in [0.1, 0.15) is 0 Å². The highest BCUT2D eigenvalue weighted by Crippen LogP contribution is 2.36. The molecular weight excluding hydrogens is 370 g/mol. The lowest BCUT2D eigenvalue weighted by atomic mass is 9.92. The molecule has 1 aliphatic heterocycles. The molecule has 151 valence electrons. The zero-order chi connectivity index (χ0) is 19.9. The van der Waals surface area contributed by atoms with Gasteiger partial charge in [-0.15, -0.1) is 0 Å². The Morgan fingerprint density at radius 1 is 0.929 bits per heavy atom. The number of rotatable bonds is 8. The summed E-state index contributed by atoms with van der Waals surface area (Å²) in [5, 5.41) is 0. The van der Waals surface area contributed by atoms with E-state index < -0.39 is 11.6 Å². The number of ether oxygens (including phenoxy) is 1. The Hall–Kier alpha value is -1.68. The maximum absolute atomic E-state index is 14.4. The fourth-order valence-corrected chi connectivity index (χ4v) is 7.20. The van der Waals surface area contributed by atoms with Crippen molar-refractivity contribution in [3.63, 3.8) is 0 Å². The molecule has 0 aromatic heterocycles. The van der Waals surface area contributed by atoms with Crippen molar-refractivity contribution in [2.24, 2.45) is 0 Å². The summed E-state index contributed by atoms with van der Waals surface area (Å²) >= 11 is 0. The summed E-state index contributed by atoms with van der Waals surface area (Å²) in [5.74, 6) is -1.15. The molecule has 1 heterocycles. The summed E-state index contributed by atoms with van der Waals surface area (Å²) in [7, 11) is -0.133. The van der Waals surface area contributed by atoms with Crippen LogP contribution in [0.25, 0.3) is 11.1 Å². The molecule has 0 aliphatic carbocycles. The number of benzene rings is 2. The molecule has 0 bridgehead atoms. The quantitative estimate of drug-likeness (QED) is 0.327. The van der Waals surface area contributed by atoms with Gasteiger partial charge in [-0.25, -0.2) is 4.39 Å². The first kappa shape index (κ1) is 21.0. The highest BCUT2D eigenvalue weighted by molar-refractivity contribution is 6.59. The summed E-state index contributed by atoms with van der Waals surface area (Å²) in [6, 6.07) is 15.5. The molecule has 28 heavy (non-hydrogen) atoms. The molecule has 1 nitrogen and oxygen atoms in total. The van der Waals surface area contributed by atoms with E-state index in [1.807, 2.05) is 12.1 Å². The molecule has 2 aromatic carbocycles. The van der Waals surface area contributed by atoms with E-state index in [0.717, 1.165) is 0 Å². The summed E-state index contributed by atoms with van der Waals surface area (Å²) in [5.41, 5.74) is 2.34. The van der Waals surface area contributed by atoms with E-state index in [4.69, 9.17) is 4.74 Å². The van der Waals surface area contributed by atoms with E-state index in [1.165, 1.54) is 61.9 Å². The van der Waals surface area contributed by atoms with Gasteiger partial charge in [0.15, 0.2) is 11.6 Å². The standard InChI is InChI=1S/C24H31F2OSi/c1-3-5-6-15-28-16-13-19(14-17-28)18-7-9-20(10-8-18)21-11-12-22(27-4-2)24(26)23(21)25/h7-12,19H,3-6,13-17H2,1-2H3. The van der Waals surface area contributed by atoms with E-state index >= 15 is 0 Å². The van der Waals surface area contributed by atoms with Crippen molar-refractivity contribution in [1.82, 2.24) is 0 Å². The Morgan fingerprint density at radius 3 is 2.29 bits per heavy atom. The molecule has 0 amide bonds. The second kappa shape index (κ2) is 10.2. The Kier molecular flexibility index (Phi) is 7.66. The predicted octanol–water partition coefficient (Wildman–Crippen LogP) is 7.59. The summed E-state index contributed by atoms with van der Waals surface area (Å²) in [4.78, 5) is 0. The lowest BCUT2D eigenvalue weighted by molar-refractivity contribution is 0.314. The SMILES string of the molecule is CCCCC[Si]1CCC(c2ccc(-c3ccc(OCC)c(F)c3F)cc2)CC1. The molecule has 2 aromatic rings. The first-order valence-electron chi connectivity index (χ1n) is 10.7. The van der Waals surface area contributed by atoms with Crippen LogP contribution in [0, 0.1) is 11.6 Å². The third-order valence-corrected chi connectivity index (χ3v) is 8.92. The molecule has 0 saturated carbocycles. The zero-order valence-corrected chi connectivity index (χ0v) is 18.1. The minimum atomic E-state index is -0.909. The van der Waals surface area contributed by atoms with Crippen LogP contribution >= 0.6 is 0 Å².